The third-order valence-electron chi connectivity index (χ3n) is 6.20. The average molecular weight is 496 g/mol. The molecule has 1 heterocycles. The van der Waals surface area contributed by atoms with Crippen LogP contribution < -0.4 is 9.47 Å². The number of carbonyl (C=O) groups excluding carboxylic acids is 1. The van der Waals surface area contributed by atoms with E-state index in [0.29, 0.717) is 36.3 Å². The molecule has 0 aromatic heterocycles. The predicted molar refractivity (Wildman–Crippen MR) is 129 cm³/mol. The molecule has 1 aliphatic rings. The van der Waals surface area contributed by atoms with Gasteiger partial charge in [-0.2, -0.15) is 0 Å². The van der Waals surface area contributed by atoms with Crippen LogP contribution in [-0.4, -0.2) is 47.7 Å². The van der Waals surface area contributed by atoms with Crippen LogP contribution in [0.15, 0.2) is 60.7 Å². The summed E-state index contributed by atoms with van der Waals surface area (Å²) in [6, 6.07) is 15.4. The van der Waals surface area contributed by atoms with Crippen LogP contribution in [0, 0.1) is 11.6 Å². The van der Waals surface area contributed by atoms with Gasteiger partial charge in [-0.3, -0.25) is 9.59 Å². The molecular weight excluding hydrogens is 468 g/mol. The number of rotatable bonds is 9. The number of nitrogens with zero attached hydrogens (tertiary/aromatic N) is 1. The van der Waals surface area contributed by atoms with Gasteiger partial charge >= 0.3 is 5.97 Å². The maximum atomic E-state index is 13.4. The molecule has 36 heavy (non-hydrogen) atoms. The van der Waals surface area contributed by atoms with Gasteiger partial charge in [-0.25, -0.2) is 8.78 Å². The number of fused-ring (bicyclic) bond motifs is 1. The summed E-state index contributed by atoms with van der Waals surface area (Å²) in [5.41, 5.74) is 2.14. The lowest BCUT2D eigenvalue weighted by atomic mass is 9.91. The Balaban J connectivity index is 1.55. The molecule has 0 radical (unpaired) electrons. The maximum Gasteiger partial charge on any atom is 0.323 e. The smallest absolute Gasteiger partial charge is 0.323 e. The summed E-state index contributed by atoms with van der Waals surface area (Å²) < 4.78 is 38.3. The zero-order valence-electron chi connectivity index (χ0n) is 20.1. The summed E-state index contributed by atoms with van der Waals surface area (Å²) >= 11 is 0. The summed E-state index contributed by atoms with van der Waals surface area (Å²) in [5, 5.41) is 9.38. The number of carboxylic acid groups (broad SMARTS) is 1. The van der Waals surface area contributed by atoms with Crippen LogP contribution in [0.1, 0.15) is 34.0 Å². The predicted octanol–water partition coefficient (Wildman–Crippen LogP) is 4.68. The summed E-state index contributed by atoms with van der Waals surface area (Å²) in [6.45, 7) is 1.61. The van der Waals surface area contributed by atoms with E-state index in [1.54, 1.807) is 36.4 Å². The molecular formula is C28H27F2NO5. The molecule has 1 atom stereocenters. The van der Waals surface area contributed by atoms with Crippen molar-refractivity contribution in [3.63, 3.8) is 0 Å². The summed E-state index contributed by atoms with van der Waals surface area (Å²) in [5.74, 6) is -1.34. The standard InChI is InChI=1S/C28H27F2NO5/c1-28(15-19-5-9-23(30)10-6-19)16-21-13-20(14-24(35-2)26(21)36-28)27(34)31(17-25(32)33)12-11-18-3-7-22(29)8-4-18/h3-10,13-14H,11-12,15-17H2,1-2H3,(H,32,33)/t28-/m0/s1. The number of hydrogen-bond acceptors (Lipinski definition) is 4. The first kappa shape index (κ1) is 25.2. The van der Waals surface area contributed by atoms with Crippen LogP contribution in [0.3, 0.4) is 0 Å². The molecule has 3 aromatic carbocycles. The Morgan fingerprint density at radius 3 is 2.22 bits per heavy atom. The van der Waals surface area contributed by atoms with Crippen LogP contribution in [0.5, 0.6) is 11.5 Å². The van der Waals surface area contributed by atoms with Gasteiger partial charge in [0.25, 0.3) is 5.91 Å². The number of benzene rings is 3. The summed E-state index contributed by atoms with van der Waals surface area (Å²) in [7, 11) is 1.48. The van der Waals surface area contributed by atoms with Gasteiger partial charge in [-0.05, 0) is 60.9 Å². The lowest BCUT2D eigenvalue weighted by molar-refractivity contribution is -0.137. The molecule has 3 aromatic rings. The Labute approximate surface area is 208 Å². The van der Waals surface area contributed by atoms with Crippen LogP contribution in [-0.2, 0) is 24.1 Å². The SMILES string of the molecule is COc1cc(C(=O)N(CCc2ccc(F)cc2)CC(=O)O)cc2c1O[C@@](C)(Cc1ccc(F)cc1)C2. The molecule has 0 saturated carbocycles. The zero-order valence-corrected chi connectivity index (χ0v) is 20.1. The fraction of sp³-hybridized carbons (Fsp3) is 0.286. The van der Waals surface area contributed by atoms with Gasteiger partial charge in [-0.1, -0.05) is 24.3 Å². The number of hydrogen-bond donors (Lipinski definition) is 1. The van der Waals surface area contributed by atoms with Crippen LogP contribution >= 0.6 is 0 Å². The van der Waals surface area contributed by atoms with Crippen LogP contribution in [0.2, 0.25) is 0 Å². The first-order valence-electron chi connectivity index (χ1n) is 11.6. The van der Waals surface area contributed by atoms with Crippen molar-refractivity contribution < 1.29 is 33.0 Å². The number of methoxy groups -OCH3 is 1. The van der Waals surface area contributed by atoms with Crippen molar-refractivity contribution in [1.82, 2.24) is 4.90 Å². The van der Waals surface area contributed by atoms with Crippen molar-refractivity contribution in [2.24, 2.45) is 0 Å². The Hall–Kier alpha value is -3.94. The fourth-order valence-electron chi connectivity index (χ4n) is 4.51. The number of carboxylic acids is 1. The summed E-state index contributed by atoms with van der Waals surface area (Å²) in [4.78, 5) is 26.1. The number of halogens is 2. The first-order chi connectivity index (χ1) is 17.2. The largest absolute Gasteiger partial charge is 0.493 e. The molecule has 1 aliphatic heterocycles. The van der Waals surface area contributed by atoms with Crippen molar-refractivity contribution >= 4 is 11.9 Å². The highest BCUT2D eigenvalue weighted by Gasteiger charge is 2.38. The third-order valence-corrected chi connectivity index (χ3v) is 6.20. The minimum Gasteiger partial charge on any atom is -0.493 e. The van der Waals surface area contributed by atoms with E-state index in [1.807, 2.05) is 6.92 Å². The van der Waals surface area contributed by atoms with Gasteiger partial charge < -0.3 is 19.5 Å². The molecule has 0 spiro atoms. The lowest BCUT2D eigenvalue weighted by Gasteiger charge is -2.24. The molecule has 0 fully saturated rings. The summed E-state index contributed by atoms with van der Waals surface area (Å²) in [6.07, 6.45) is 1.39. The Bertz CT molecular complexity index is 1260. The van der Waals surface area contributed by atoms with Crippen molar-refractivity contribution in [3.05, 3.63) is 94.6 Å². The van der Waals surface area contributed by atoms with Crippen molar-refractivity contribution in [2.75, 3.05) is 20.2 Å². The van der Waals surface area contributed by atoms with E-state index >= 15 is 0 Å². The van der Waals surface area contributed by atoms with Crippen LogP contribution in [0.25, 0.3) is 0 Å². The van der Waals surface area contributed by atoms with Crippen LogP contribution in [0.4, 0.5) is 8.78 Å². The molecule has 0 unspecified atom stereocenters. The maximum absolute atomic E-state index is 13.4. The second-order valence-corrected chi connectivity index (χ2v) is 9.20. The third kappa shape index (κ3) is 5.82. The topological polar surface area (TPSA) is 76.1 Å². The van der Waals surface area contributed by atoms with Gasteiger partial charge in [0.1, 0.15) is 23.8 Å². The molecule has 4 rings (SSSR count). The molecule has 1 amide bonds. The fourth-order valence-corrected chi connectivity index (χ4v) is 4.51. The van der Waals surface area contributed by atoms with Gasteiger partial charge in [0.05, 0.1) is 7.11 Å². The Morgan fingerprint density at radius 1 is 1.03 bits per heavy atom. The molecule has 8 heteroatoms. The average Bonchev–Trinajstić information content (AvgIpc) is 3.18. The van der Waals surface area contributed by atoms with E-state index in [0.717, 1.165) is 16.7 Å². The number of ether oxygens (including phenoxy) is 2. The number of amides is 1. The van der Waals surface area contributed by atoms with Crippen molar-refractivity contribution in [2.45, 2.75) is 31.8 Å². The molecule has 6 nitrogen and oxygen atoms in total. The highest BCUT2D eigenvalue weighted by atomic mass is 19.1. The number of aliphatic carboxylic acids is 1. The highest BCUT2D eigenvalue weighted by Crippen LogP contribution is 2.44. The Morgan fingerprint density at radius 2 is 1.64 bits per heavy atom. The van der Waals surface area contributed by atoms with E-state index in [4.69, 9.17) is 9.47 Å². The zero-order chi connectivity index (χ0) is 25.9. The van der Waals surface area contributed by atoms with E-state index in [1.165, 1.54) is 36.3 Å². The Kier molecular flexibility index (Phi) is 7.24. The van der Waals surface area contributed by atoms with Crippen molar-refractivity contribution in [3.8, 4) is 11.5 Å². The quantitative estimate of drug-likeness (QED) is 0.467. The second kappa shape index (κ2) is 10.4. The van der Waals surface area contributed by atoms with E-state index in [9.17, 15) is 23.5 Å². The van der Waals surface area contributed by atoms with Gasteiger partial charge in [0, 0.05) is 30.5 Å². The van der Waals surface area contributed by atoms with Gasteiger partial charge in [0.2, 0.25) is 0 Å². The van der Waals surface area contributed by atoms with E-state index in [2.05, 4.69) is 0 Å². The lowest BCUT2D eigenvalue weighted by Crippen LogP contribution is -2.37. The van der Waals surface area contributed by atoms with Gasteiger partial charge in [-0.15, -0.1) is 0 Å². The van der Waals surface area contributed by atoms with E-state index < -0.39 is 24.0 Å². The minimum absolute atomic E-state index is 0.148. The minimum atomic E-state index is -1.13. The van der Waals surface area contributed by atoms with E-state index in [-0.39, 0.29) is 18.2 Å². The number of carbonyl (C=O) groups is 2. The van der Waals surface area contributed by atoms with Gasteiger partial charge in [0.15, 0.2) is 11.5 Å². The monoisotopic (exact) mass is 495 g/mol. The first-order valence-corrected chi connectivity index (χ1v) is 11.6. The molecule has 1 N–H and O–H groups in total. The molecule has 188 valence electrons. The molecule has 0 aliphatic carbocycles. The molecule has 0 saturated heterocycles. The second-order valence-electron chi connectivity index (χ2n) is 9.20. The molecule has 0 bridgehead atoms. The highest BCUT2D eigenvalue weighted by molar-refractivity contribution is 5.97. The van der Waals surface area contributed by atoms with Crippen molar-refractivity contribution in [1.29, 1.82) is 0 Å². The normalized spacial score (nSPS) is 16.2.